The molecular weight excluding hydrogens is 443 g/mol. The second kappa shape index (κ2) is 8.93. The Kier molecular flexibility index (Phi) is 6.71. The molecular formula is C19H19ClF3N3O3S. The van der Waals surface area contributed by atoms with E-state index in [-0.39, 0.29) is 41.8 Å². The van der Waals surface area contributed by atoms with Crippen LogP contribution in [0.2, 0.25) is 5.02 Å². The van der Waals surface area contributed by atoms with Crippen molar-refractivity contribution in [3.63, 3.8) is 0 Å². The molecule has 6 nitrogen and oxygen atoms in total. The third-order valence-electron chi connectivity index (χ3n) is 4.92. The van der Waals surface area contributed by atoms with Crippen molar-refractivity contribution in [3.8, 4) is 0 Å². The zero-order valence-electron chi connectivity index (χ0n) is 15.9. The maximum atomic E-state index is 13.7. The second-order valence-electron chi connectivity index (χ2n) is 6.81. The first-order chi connectivity index (χ1) is 14.1. The number of carbonyl (C=O) groups excluding carboxylic acids is 1. The van der Waals surface area contributed by atoms with Crippen molar-refractivity contribution >= 4 is 33.2 Å². The lowest BCUT2D eigenvalue weighted by molar-refractivity contribution is -0.121. The number of nitrogens with zero attached hydrogens (tertiary/aromatic N) is 2. The van der Waals surface area contributed by atoms with Crippen molar-refractivity contribution in [2.75, 3.05) is 31.5 Å². The summed E-state index contributed by atoms with van der Waals surface area (Å²) in [6, 6.07) is 5.38. The summed E-state index contributed by atoms with van der Waals surface area (Å²) in [5.74, 6) is -2.84. The Morgan fingerprint density at radius 3 is 2.30 bits per heavy atom. The molecule has 0 bridgehead atoms. The maximum Gasteiger partial charge on any atom is 0.243 e. The predicted octanol–water partition coefficient (Wildman–Crippen LogP) is 3.09. The van der Waals surface area contributed by atoms with Gasteiger partial charge in [-0.05, 0) is 37.3 Å². The highest BCUT2D eigenvalue weighted by Gasteiger charge is 2.32. The van der Waals surface area contributed by atoms with E-state index in [1.54, 1.807) is 11.8 Å². The molecule has 2 aromatic carbocycles. The number of rotatable bonds is 5. The van der Waals surface area contributed by atoms with E-state index in [1.165, 1.54) is 4.31 Å². The minimum Gasteiger partial charge on any atom is -0.322 e. The normalized spacial score (nSPS) is 17.0. The quantitative estimate of drug-likeness (QED) is 0.743. The number of hydrogen-bond acceptors (Lipinski definition) is 4. The molecule has 1 atom stereocenters. The van der Waals surface area contributed by atoms with E-state index >= 15 is 0 Å². The van der Waals surface area contributed by atoms with Crippen LogP contribution in [0.4, 0.5) is 18.9 Å². The summed E-state index contributed by atoms with van der Waals surface area (Å²) in [6.07, 6.45) is 0. The maximum absolute atomic E-state index is 13.7. The molecule has 0 aromatic heterocycles. The van der Waals surface area contributed by atoms with Gasteiger partial charge < -0.3 is 5.32 Å². The number of amides is 1. The number of nitrogens with one attached hydrogen (secondary N) is 1. The minimum atomic E-state index is -3.86. The Labute approximate surface area is 177 Å². The van der Waals surface area contributed by atoms with Crippen LogP contribution in [0.1, 0.15) is 6.92 Å². The first-order valence-electron chi connectivity index (χ1n) is 9.05. The van der Waals surface area contributed by atoms with Crippen LogP contribution in [0, 0.1) is 17.5 Å². The third kappa shape index (κ3) is 4.77. The van der Waals surface area contributed by atoms with Crippen LogP contribution < -0.4 is 5.32 Å². The molecule has 1 unspecified atom stereocenters. The van der Waals surface area contributed by atoms with E-state index in [4.69, 9.17) is 11.6 Å². The standard InChI is InChI=1S/C19H19ClF3N3O3S/c1-12(19(27)24-18-5-2-13(21)10-17(18)23)25-6-8-26(9-7-25)30(28,29)14-3-4-16(22)15(20)11-14/h2-5,10-12H,6-9H2,1H3,(H,24,27). The van der Waals surface area contributed by atoms with Crippen LogP contribution in [0.25, 0.3) is 0 Å². The lowest BCUT2D eigenvalue weighted by Gasteiger charge is -2.36. The zero-order chi connectivity index (χ0) is 22.1. The first-order valence-corrected chi connectivity index (χ1v) is 10.9. The molecule has 1 amide bonds. The summed E-state index contributed by atoms with van der Waals surface area (Å²) >= 11 is 5.69. The zero-order valence-corrected chi connectivity index (χ0v) is 17.5. The lowest BCUT2D eigenvalue weighted by atomic mass is 10.2. The average molecular weight is 462 g/mol. The monoisotopic (exact) mass is 461 g/mol. The van der Waals surface area contributed by atoms with Gasteiger partial charge in [-0.3, -0.25) is 9.69 Å². The Morgan fingerprint density at radius 2 is 1.70 bits per heavy atom. The molecule has 0 radical (unpaired) electrons. The highest BCUT2D eigenvalue weighted by Crippen LogP contribution is 2.24. The van der Waals surface area contributed by atoms with Crippen LogP contribution >= 0.6 is 11.6 Å². The molecule has 0 spiro atoms. The number of carbonyl (C=O) groups is 1. The topological polar surface area (TPSA) is 69.7 Å². The number of halogens is 4. The number of hydrogen-bond donors (Lipinski definition) is 1. The molecule has 0 saturated carbocycles. The Morgan fingerprint density at radius 1 is 1.03 bits per heavy atom. The fraction of sp³-hybridized carbons (Fsp3) is 0.316. The molecule has 1 saturated heterocycles. The Bertz CT molecular complexity index is 1060. The van der Waals surface area contributed by atoms with Gasteiger partial charge in [-0.2, -0.15) is 4.31 Å². The van der Waals surface area contributed by atoms with Gasteiger partial charge in [0, 0.05) is 32.2 Å². The van der Waals surface area contributed by atoms with E-state index in [0.717, 1.165) is 30.3 Å². The second-order valence-corrected chi connectivity index (χ2v) is 9.15. The third-order valence-corrected chi connectivity index (χ3v) is 7.10. The number of anilines is 1. The van der Waals surface area contributed by atoms with Gasteiger partial charge in [0.15, 0.2) is 0 Å². The van der Waals surface area contributed by atoms with Crippen molar-refractivity contribution in [1.82, 2.24) is 9.21 Å². The first kappa shape index (κ1) is 22.5. The molecule has 162 valence electrons. The van der Waals surface area contributed by atoms with Crippen LogP contribution in [0.5, 0.6) is 0 Å². The van der Waals surface area contributed by atoms with Crippen LogP contribution in [0.15, 0.2) is 41.3 Å². The Balaban J connectivity index is 1.62. The number of piperazine rings is 1. The SMILES string of the molecule is CC(C(=O)Nc1ccc(F)cc1F)N1CCN(S(=O)(=O)c2ccc(F)c(Cl)c2)CC1. The molecule has 1 heterocycles. The summed E-state index contributed by atoms with van der Waals surface area (Å²) in [6.45, 7) is 2.35. The van der Waals surface area contributed by atoms with Crippen LogP contribution in [0.3, 0.4) is 0 Å². The van der Waals surface area contributed by atoms with E-state index in [2.05, 4.69) is 5.32 Å². The largest absolute Gasteiger partial charge is 0.322 e. The van der Waals surface area contributed by atoms with Gasteiger partial charge in [0.2, 0.25) is 15.9 Å². The molecule has 1 aliphatic heterocycles. The van der Waals surface area contributed by atoms with Crippen molar-refractivity contribution in [2.45, 2.75) is 17.9 Å². The van der Waals surface area contributed by atoms with Gasteiger partial charge in [-0.1, -0.05) is 11.6 Å². The fourth-order valence-corrected chi connectivity index (χ4v) is 4.81. The van der Waals surface area contributed by atoms with Gasteiger partial charge in [0.25, 0.3) is 0 Å². The summed E-state index contributed by atoms with van der Waals surface area (Å²) in [5, 5.41) is 2.12. The molecule has 30 heavy (non-hydrogen) atoms. The predicted molar refractivity (Wildman–Crippen MR) is 106 cm³/mol. The molecule has 0 aliphatic carbocycles. The molecule has 1 aliphatic rings. The summed E-state index contributed by atoms with van der Waals surface area (Å²) < 4.78 is 66.8. The van der Waals surface area contributed by atoms with Crippen LogP contribution in [-0.4, -0.2) is 55.8 Å². The minimum absolute atomic E-state index is 0.111. The lowest BCUT2D eigenvalue weighted by Crippen LogP contribution is -2.53. The molecule has 11 heteroatoms. The summed E-state index contributed by atoms with van der Waals surface area (Å²) in [7, 11) is -3.86. The van der Waals surface area contributed by atoms with Gasteiger partial charge in [0.05, 0.1) is 21.6 Å². The van der Waals surface area contributed by atoms with Crippen molar-refractivity contribution in [3.05, 3.63) is 58.9 Å². The van der Waals surface area contributed by atoms with Gasteiger partial charge in [-0.15, -0.1) is 0 Å². The van der Waals surface area contributed by atoms with E-state index in [1.807, 2.05) is 0 Å². The van der Waals surface area contributed by atoms with Gasteiger partial charge in [0.1, 0.15) is 17.5 Å². The van der Waals surface area contributed by atoms with Crippen LogP contribution in [-0.2, 0) is 14.8 Å². The fourth-order valence-electron chi connectivity index (χ4n) is 3.11. The van der Waals surface area contributed by atoms with Crippen molar-refractivity contribution in [1.29, 1.82) is 0 Å². The van der Waals surface area contributed by atoms with Gasteiger partial charge in [-0.25, -0.2) is 21.6 Å². The van der Waals surface area contributed by atoms with E-state index in [9.17, 15) is 26.4 Å². The summed E-state index contributed by atoms with van der Waals surface area (Å²) in [5.41, 5.74) is -0.136. The molecule has 2 aromatic rings. The average Bonchev–Trinajstić information content (AvgIpc) is 2.71. The van der Waals surface area contributed by atoms with Crippen molar-refractivity contribution in [2.24, 2.45) is 0 Å². The smallest absolute Gasteiger partial charge is 0.243 e. The highest BCUT2D eigenvalue weighted by atomic mass is 35.5. The molecule has 3 rings (SSSR count). The molecule has 1 N–H and O–H groups in total. The van der Waals surface area contributed by atoms with E-state index < -0.39 is 39.4 Å². The molecule has 1 fully saturated rings. The number of benzene rings is 2. The highest BCUT2D eigenvalue weighted by molar-refractivity contribution is 7.89. The number of sulfonamides is 1. The van der Waals surface area contributed by atoms with Gasteiger partial charge >= 0.3 is 0 Å². The van der Waals surface area contributed by atoms with E-state index in [0.29, 0.717) is 6.07 Å². The Hall–Kier alpha value is -2.14. The van der Waals surface area contributed by atoms with Crippen molar-refractivity contribution < 1.29 is 26.4 Å². The summed E-state index contributed by atoms with van der Waals surface area (Å²) in [4.78, 5) is 14.1.